The number of carbonyl (C=O) groups excluding carboxylic acids is 2. The highest BCUT2D eigenvalue weighted by atomic mass is 19.1. The minimum atomic E-state index is -1.52. The average Bonchev–Trinajstić information content (AvgIpc) is 3.16. The smallest absolute Gasteiger partial charge is 0.340 e. The van der Waals surface area contributed by atoms with Crippen molar-refractivity contribution in [1.82, 2.24) is 9.80 Å². The fraction of sp³-hybridized carbons (Fsp3) is 0.959. The van der Waals surface area contributed by atoms with E-state index in [1.165, 1.54) is 128 Å². The molecule has 2 atom stereocenters. The SMILES string of the molecule is CCCCCCCCCCN(C(=O)CCCN(C)C)C(CCCCCCCCC)CCCCCCC(F)C(=O)OC(CCCCCCC)CCCCCCC. The number of hydrogen-bond acceptors (Lipinski definition) is 4. The molecule has 0 N–H and O–H groups in total. The Morgan fingerprint density at radius 3 is 1.24 bits per heavy atom. The number of unbranched alkanes of at least 4 members (excludes halogenated alkanes) is 24. The fourth-order valence-corrected chi connectivity index (χ4v) is 8.04. The molecule has 55 heavy (non-hydrogen) atoms. The molecule has 0 aromatic rings. The summed E-state index contributed by atoms with van der Waals surface area (Å²) in [4.78, 5) is 31.1. The van der Waals surface area contributed by atoms with Gasteiger partial charge < -0.3 is 14.5 Å². The summed E-state index contributed by atoms with van der Waals surface area (Å²) < 4.78 is 20.9. The van der Waals surface area contributed by atoms with Gasteiger partial charge in [0.25, 0.3) is 0 Å². The maximum atomic E-state index is 15.1. The van der Waals surface area contributed by atoms with Gasteiger partial charge in [-0.2, -0.15) is 0 Å². The topological polar surface area (TPSA) is 49.9 Å². The highest BCUT2D eigenvalue weighted by Gasteiger charge is 2.24. The lowest BCUT2D eigenvalue weighted by Gasteiger charge is -2.33. The van der Waals surface area contributed by atoms with E-state index in [9.17, 15) is 9.59 Å². The van der Waals surface area contributed by atoms with Gasteiger partial charge in [-0.25, -0.2) is 9.18 Å². The van der Waals surface area contributed by atoms with Gasteiger partial charge in [-0.3, -0.25) is 4.79 Å². The average molecular weight is 781 g/mol. The monoisotopic (exact) mass is 781 g/mol. The van der Waals surface area contributed by atoms with Crippen LogP contribution in [0.3, 0.4) is 0 Å². The molecule has 0 aliphatic rings. The summed E-state index contributed by atoms with van der Waals surface area (Å²) in [5.74, 6) is -0.289. The van der Waals surface area contributed by atoms with E-state index in [1.54, 1.807) is 0 Å². The van der Waals surface area contributed by atoms with E-state index in [1.807, 2.05) is 0 Å². The van der Waals surface area contributed by atoms with Crippen molar-refractivity contribution < 1.29 is 18.7 Å². The third-order valence-electron chi connectivity index (χ3n) is 11.7. The predicted octanol–water partition coefficient (Wildman–Crippen LogP) is 15.1. The number of alkyl halides is 1. The van der Waals surface area contributed by atoms with Crippen LogP contribution in [0.4, 0.5) is 4.39 Å². The molecule has 0 aliphatic carbocycles. The molecule has 0 aromatic heterocycles. The second-order valence-corrected chi connectivity index (χ2v) is 17.5. The largest absolute Gasteiger partial charge is 0.460 e. The molecule has 5 nitrogen and oxygen atoms in total. The summed E-state index contributed by atoms with van der Waals surface area (Å²) in [7, 11) is 4.17. The summed E-state index contributed by atoms with van der Waals surface area (Å²) in [6.45, 7) is 10.8. The zero-order valence-electron chi connectivity index (χ0n) is 38.1. The number of esters is 1. The molecular formula is C49H97FN2O3. The molecule has 0 aromatic carbocycles. The van der Waals surface area contributed by atoms with Crippen LogP contribution in [0, 0.1) is 0 Å². The van der Waals surface area contributed by atoms with Crippen LogP contribution in [0.2, 0.25) is 0 Å². The normalized spacial score (nSPS) is 12.8. The second-order valence-electron chi connectivity index (χ2n) is 17.5. The summed E-state index contributed by atoms with van der Waals surface area (Å²) >= 11 is 0. The number of rotatable bonds is 43. The van der Waals surface area contributed by atoms with Crippen molar-refractivity contribution in [3.63, 3.8) is 0 Å². The minimum absolute atomic E-state index is 0.137. The van der Waals surface area contributed by atoms with Crippen molar-refractivity contribution in [2.75, 3.05) is 27.2 Å². The Labute approximate surface area is 343 Å². The lowest BCUT2D eigenvalue weighted by atomic mass is 9.97. The standard InChI is InChI=1S/C49H97FN2O3/c1-7-11-15-19-21-23-29-35-44-52(48(53)42-36-43-51(5)6)45(37-30-26-22-20-16-12-8-2)38-31-27-28-34-41-47(50)49(54)55-46(39-32-24-17-13-9-3)40-33-25-18-14-10-4/h45-47H,7-44H2,1-6H3. The number of halogens is 1. The van der Waals surface area contributed by atoms with Gasteiger partial charge >= 0.3 is 5.97 Å². The Morgan fingerprint density at radius 2 is 0.818 bits per heavy atom. The summed E-state index contributed by atoms with van der Waals surface area (Å²) in [5, 5.41) is 0. The highest BCUT2D eigenvalue weighted by molar-refractivity contribution is 5.76. The lowest BCUT2D eigenvalue weighted by molar-refractivity contribution is -0.156. The number of hydrogen-bond donors (Lipinski definition) is 0. The van der Waals surface area contributed by atoms with Crippen molar-refractivity contribution in [3.05, 3.63) is 0 Å². The van der Waals surface area contributed by atoms with E-state index in [0.29, 0.717) is 24.8 Å². The number of amides is 1. The Kier molecular flexibility index (Phi) is 40.1. The van der Waals surface area contributed by atoms with Gasteiger partial charge in [-0.15, -0.1) is 0 Å². The highest BCUT2D eigenvalue weighted by Crippen LogP contribution is 2.23. The van der Waals surface area contributed by atoms with Crippen molar-refractivity contribution in [3.8, 4) is 0 Å². The molecule has 0 rings (SSSR count). The molecular weight excluding hydrogens is 684 g/mol. The molecule has 1 amide bonds. The van der Waals surface area contributed by atoms with Crippen LogP contribution in [-0.2, 0) is 14.3 Å². The van der Waals surface area contributed by atoms with Gasteiger partial charge in [0, 0.05) is 19.0 Å². The van der Waals surface area contributed by atoms with Crippen LogP contribution < -0.4 is 0 Å². The third kappa shape index (κ3) is 34.6. The molecule has 0 fully saturated rings. The zero-order chi connectivity index (χ0) is 40.6. The first kappa shape index (κ1) is 53.8. The quantitative estimate of drug-likeness (QED) is 0.0457. The van der Waals surface area contributed by atoms with E-state index in [4.69, 9.17) is 4.74 Å². The van der Waals surface area contributed by atoms with Crippen molar-refractivity contribution in [2.45, 2.75) is 277 Å². The van der Waals surface area contributed by atoms with Gasteiger partial charge in [-0.05, 0) is 84.8 Å². The molecule has 0 radical (unpaired) electrons. The fourth-order valence-electron chi connectivity index (χ4n) is 8.04. The molecule has 6 heteroatoms. The van der Waals surface area contributed by atoms with Crippen molar-refractivity contribution in [1.29, 1.82) is 0 Å². The second kappa shape index (κ2) is 41.0. The Bertz CT molecular complexity index is 810. The van der Waals surface area contributed by atoms with Gasteiger partial charge in [0.05, 0.1) is 0 Å². The zero-order valence-corrected chi connectivity index (χ0v) is 38.1. The van der Waals surface area contributed by atoms with E-state index in [2.05, 4.69) is 51.6 Å². The lowest BCUT2D eigenvalue weighted by Crippen LogP contribution is -2.41. The summed E-state index contributed by atoms with van der Waals surface area (Å²) in [6, 6.07) is 0.303. The van der Waals surface area contributed by atoms with Crippen molar-refractivity contribution >= 4 is 11.9 Å². The van der Waals surface area contributed by atoms with Gasteiger partial charge in [0.15, 0.2) is 6.17 Å². The van der Waals surface area contributed by atoms with Crippen LogP contribution in [0.5, 0.6) is 0 Å². The molecule has 0 aliphatic heterocycles. The number of ether oxygens (including phenoxy) is 1. The summed E-state index contributed by atoms with van der Waals surface area (Å²) in [5.41, 5.74) is 0. The Hall–Kier alpha value is -1.17. The van der Waals surface area contributed by atoms with Crippen LogP contribution in [0.1, 0.15) is 259 Å². The van der Waals surface area contributed by atoms with Crippen LogP contribution in [-0.4, -0.2) is 67.2 Å². The molecule has 0 saturated carbocycles. The molecule has 0 bridgehead atoms. The molecule has 0 spiro atoms. The molecule has 328 valence electrons. The van der Waals surface area contributed by atoms with Gasteiger partial charge in [0.2, 0.25) is 5.91 Å². The summed E-state index contributed by atoms with van der Waals surface area (Å²) in [6.07, 6.45) is 38.8. The van der Waals surface area contributed by atoms with Crippen LogP contribution in [0.15, 0.2) is 0 Å². The van der Waals surface area contributed by atoms with E-state index >= 15 is 4.39 Å². The first-order valence-corrected chi connectivity index (χ1v) is 24.6. The van der Waals surface area contributed by atoms with E-state index in [-0.39, 0.29) is 12.5 Å². The predicted molar refractivity (Wildman–Crippen MR) is 238 cm³/mol. The maximum absolute atomic E-state index is 15.1. The molecule has 0 saturated heterocycles. The molecule has 2 unspecified atom stereocenters. The number of nitrogens with zero attached hydrogens (tertiary/aromatic N) is 2. The Balaban J connectivity index is 5.12. The Morgan fingerprint density at radius 1 is 0.455 bits per heavy atom. The maximum Gasteiger partial charge on any atom is 0.340 e. The van der Waals surface area contributed by atoms with Gasteiger partial charge in [0.1, 0.15) is 6.10 Å². The van der Waals surface area contributed by atoms with Gasteiger partial charge in [-0.1, -0.05) is 188 Å². The first-order chi connectivity index (χ1) is 26.8. The third-order valence-corrected chi connectivity index (χ3v) is 11.7. The first-order valence-electron chi connectivity index (χ1n) is 24.6. The molecule has 0 heterocycles. The minimum Gasteiger partial charge on any atom is -0.460 e. The van der Waals surface area contributed by atoms with Crippen molar-refractivity contribution in [2.24, 2.45) is 0 Å². The van der Waals surface area contributed by atoms with E-state index in [0.717, 1.165) is 96.6 Å². The van der Waals surface area contributed by atoms with Crippen LogP contribution in [0.25, 0.3) is 0 Å². The van der Waals surface area contributed by atoms with E-state index < -0.39 is 12.1 Å². The number of carbonyl (C=O) groups is 2. The van der Waals surface area contributed by atoms with Crippen LogP contribution >= 0.6 is 0 Å².